The Kier molecular flexibility index (Phi) is 3.53. The summed E-state index contributed by atoms with van der Waals surface area (Å²) in [4.78, 5) is 11.9. The Bertz CT molecular complexity index is 599. The summed E-state index contributed by atoms with van der Waals surface area (Å²) in [7, 11) is 1.57. The lowest BCUT2D eigenvalue weighted by molar-refractivity contribution is 0.181. The molecule has 0 aliphatic rings. The van der Waals surface area contributed by atoms with E-state index in [4.69, 9.17) is 10.5 Å². The number of H-pyrrole nitrogens is 1. The fourth-order valence-electron chi connectivity index (χ4n) is 1.91. The lowest BCUT2D eigenvalue weighted by Crippen LogP contribution is -2.19. The number of nitrogens with one attached hydrogen (secondary N) is 1. The minimum absolute atomic E-state index is 0.205. The molecule has 0 bridgehead atoms. The number of rotatable bonds is 4. The van der Waals surface area contributed by atoms with Gasteiger partial charge in [-0.1, -0.05) is 29.8 Å². The molecule has 0 saturated carbocycles. The minimum atomic E-state index is -0.205. The van der Waals surface area contributed by atoms with E-state index in [0.29, 0.717) is 18.8 Å². The molecule has 0 aliphatic carbocycles. The van der Waals surface area contributed by atoms with Crippen LogP contribution in [0.25, 0.3) is 0 Å². The zero-order valence-electron chi connectivity index (χ0n) is 10.6. The van der Waals surface area contributed by atoms with Gasteiger partial charge in [-0.15, -0.1) is 0 Å². The predicted molar refractivity (Wildman–Crippen MR) is 70.5 cm³/mol. The van der Waals surface area contributed by atoms with E-state index in [0.717, 1.165) is 11.1 Å². The third-order valence-electron chi connectivity index (χ3n) is 2.78. The SMILES string of the molecule is COCc1[nH]n(Cc2cccc(C)c2)c(=O)c1N. The summed E-state index contributed by atoms with van der Waals surface area (Å²) in [6, 6.07) is 8.01. The zero-order chi connectivity index (χ0) is 13.1. The van der Waals surface area contributed by atoms with Crippen molar-refractivity contribution in [2.75, 3.05) is 12.8 Å². The number of nitrogens with two attached hydrogens (primary N) is 1. The molecule has 0 fully saturated rings. The molecule has 0 radical (unpaired) electrons. The van der Waals surface area contributed by atoms with E-state index >= 15 is 0 Å². The van der Waals surface area contributed by atoms with Gasteiger partial charge in [0.2, 0.25) is 0 Å². The molecule has 18 heavy (non-hydrogen) atoms. The highest BCUT2D eigenvalue weighted by atomic mass is 16.5. The van der Waals surface area contributed by atoms with E-state index in [1.54, 1.807) is 7.11 Å². The molecule has 2 aromatic rings. The van der Waals surface area contributed by atoms with E-state index < -0.39 is 0 Å². The number of nitrogen functional groups attached to an aromatic ring is 1. The van der Waals surface area contributed by atoms with Crippen LogP contribution in [-0.4, -0.2) is 16.9 Å². The molecular formula is C13H17N3O2. The molecule has 5 heteroatoms. The lowest BCUT2D eigenvalue weighted by Gasteiger charge is -2.03. The average Bonchev–Trinajstić information content (AvgIpc) is 2.59. The van der Waals surface area contributed by atoms with Crippen molar-refractivity contribution in [3.8, 4) is 0 Å². The summed E-state index contributed by atoms with van der Waals surface area (Å²) in [6.45, 7) is 2.81. The van der Waals surface area contributed by atoms with Crippen molar-refractivity contribution < 1.29 is 4.74 Å². The van der Waals surface area contributed by atoms with E-state index in [1.165, 1.54) is 4.68 Å². The largest absolute Gasteiger partial charge is 0.393 e. The summed E-state index contributed by atoms with van der Waals surface area (Å²) in [5.41, 5.74) is 8.59. The van der Waals surface area contributed by atoms with Gasteiger partial charge in [0.25, 0.3) is 5.56 Å². The summed E-state index contributed by atoms with van der Waals surface area (Å²) in [5, 5.41) is 2.97. The highest BCUT2D eigenvalue weighted by Gasteiger charge is 2.10. The van der Waals surface area contributed by atoms with Crippen LogP contribution in [0.1, 0.15) is 16.8 Å². The number of hydrogen-bond donors (Lipinski definition) is 2. The van der Waals surface area contributed by atoms with Gasteiger partial charge in [-0.05, 0) is 12.5 Å². The minimum Gasteiger partial charge on any atom is -0.393 e. The summed E-state index contributed by atoms with van der Waals surface area (Å²) >= 11 is 0. The molecule has 1 heterocycles. The summed E-state index contributed by atoms with van der Waals surface area (Å²) in [6.07, 6.45) is 0. The van der Waals surface area contributed by atoms with Crippen molar-refractivity contribution in [3.63, 3.8) is 0 Å². The summed E-state index contributed by atoms with van der Waals surface area (Å²) in [5.74, 6) is 0. The third kappa shape index (κ3) is 2.46. The number of aryl methyl sites for hydroxylation is 1. The normalized spacial score (nSPS) is 10.8. The van der Waals surface area contributed by atoms with Crippen molar-refractivity contribution in [1.29, 1.82) is 0 Å². The Balaban J connectivity index is 2.29. The van der Waals surface area contributed by atoms with Crippen LogP contribution in [0.4, 0.5) is 5.69 Å². The molecular weight excluding hydrogens is 230 g/mol. The predicted octanol–water partition coefficient (Wildman–Crippen LogP) is 1.26. The van der Waals surface area contributed by atoms with Crippen LogP contribution in [-0.2, 0) is 17.9 Å². The van der Waals surface area contributed by atoms with Gasteiger partial charge in [0.05, 0.1) is 18.8 Å². The molecule has 0 spiro atoms. The highest BCUT2D eigenvalue weighted by Crippen LogP contribution is 2.08. The summed E-state index contributed by atoms with van der Waals surface area (Å²) < 4.78 is 6.48. The molecule has 0 amide bonds. The monoisotopic (exact) mass is 247 g/mol. The number of aromatic nitrogens is 2. The van der Waals surface area contributed by atoms with Gasteiger partial charge in [-0.3, -0.25) is 9.89 Å². The second-order valence-corrected chi connectivity index (χ2v) is 4.32. The Labute approximate surface area is 105 Å². The maximum absolute atomic E-state index is 11.9. The quantitative estimate of drug-likeness (QED) is 0.854. The number of nitrogens with zero attached hydrogens (tertiary/aromatic N) is 1. The number of hydrogen-bond acceptors (Lipinski definition) is 3. The second-order valence-electron chi connectivity index (χ2n) is 4.32. The van der Waals surface area contributed by atoms with Crippen LogP contribution in [0.15, 0.2) is 29.1 Å². The van der Waals surface area contributed by atoms with Gasteiger partial charge >= 0.3 is 0 Å². The van der Waals surface area contributed by atoms with Crippen LogP contribution >= 0.6 is 0 Å². The number of ether oxygens (including phenoxy) is 1. The number of anilines is 1. The first-order valence-corrected chi connectivity index (χ1v) is 5.73. The molecule has 3 N–H and O–H groups in total. The standard InChI is InChI=1S/C13H17N3O2/c1-9-4-3-5-10(6-9)7-16-13(17)12(14)11(15-16)8-18-2/h3-6,15H,7-8,14H2,1-2H3. The van der Waals surface area contributed by atoms with Gasteiger partial charge in [0, 0.05) is 7.11 Å². The van der Waals surface area contributed by atoms with Gasteiger partial charge in [-0.2, -0.15) is 0 Å². The topological polar surface area (TPSA) is 73.0 Å². The molecule has 0 unspecified atom stereocenters. The van der Waals surface area contributed by atoms with Crippen molar-refractivity contribution in [1.82, 2.24) is 9.78 Å². The van der Waals surface area contributed by atoms with Crippen molar-refractivity contribution in [2.45, 2.75) is 20.1 Å². The molecule has 5 nitrogen and oxygen atoms in total. The average molecular weight is 247 g/mol. The van der Waals surface area contributed by atoms with Gasteiger partial charge in [-0.25, -0.2) is 4.68 Å². The van der Waals surface area contributed by atoms with Crippen molar-refractivity contribution in [3.05, 3.63) is 51.4 Å². The first-order chi connectivity index (χ1) is 8.61. The van der Waals surface area contributed by atoms with E-state index in [1.807, 2.05) is 31.2 Å². The molecule has 96 valence electrons. The van der Waals surface area contributed by atoms with Crippen molar-refractivity contribution in [2.24, 2.45) is 0 Å². The Morgan fingerprint density at radius 3 is 2.89 bits per heavy atom. The molecule has 2 rings (SSSR count). The van der Waals surface area contributed by atoms with Gasteiger partial charge in [0.1, 0.15) is 5.69 Å². The first-order valence-electron chi connectivity index (χ1n) is 5.73. The molecule has 1 aromatic heterocycles. The van der Waals surface area contributed by atoms with Crippen LogP contribution in [0.2, 0.25) is 0 Å². The second kappa shape index (κ2) is 5.10. The first kappa shape index (κ1) is 12.4. The van der Waals surface area contributed by atoms with E-state index in [9.17, 15) is 4.79 Å². The number of aromatic amines is 1. The number of benzene rings is 1. The molecule has 1 aromatic carbocycles. The van der Waals surface area contributed by atoms with Crippen molar-refractivity contribution >= 4 is 5.69 Å². The fraction of sp³-hybridized carbons (Fsp3) is 0.308. The fourth-order valence-corrected chi connectivity index (χ4v) is 1.91. The lowest BCUT2D eigenvalue weighted by atomic mass is 10.1. The Hall–Kier alpha value is -2.01. The van der Waals surface area contributed by atoms with Crippen LogP contribution in [0.5, 0.6) is 0 Å². The highest BCUT2D eigenvalue weighted by molar-refractivity contribution is 5.40. The van der Waals surface area contributed by atoms with Gasteiger partial charge < -0.3 is 10.5 Å². The smallest absolute Gasteiger partial charge is 0.290 e. The zero-order valence-corrected chi connectivity index (χ0v) is 10.6. The number of methoxy groups -OCH3 is 1. The Morgan fingerprint density at radius 1 is 1.44 bits per heavy atom. The molecule has 0 aliphatic heterocycles. The van der Waals surface area contributed by atoms with Crippen LogP contribution in [0, 0.1) is 6.92 Å². The maximum atomic E-state index is 11.9. The van der Waals surface area contributed by atoms with Crippen LogP contribution in [0.3, 0.4) is 0 Å². The molecule has 0 atom stereocenters. The van der Waals surface area contributed by atoms with E-state index in [2.05, 4.69) is 5.10 Å². The maximum Gasteiger partial charge on any atom is 0.290 e. The third-order valence-corrected chi connectivity index (χ3v) is 2.78. The van der Waals surface area contributed by atoms with E-state index in [-0.39, 0.29) is 11.2 Å². The Morgan fingerprint density at radius 2 is 2.22 bits per heavy atom. The van der Waals surface area contributed by atoms with Crippen LogP contribution < -0.4 is 11.3 Å². The van der Waals surface area contributed by atoms with Gasteiger partial charge in [0.15, 0.2) is 0 Å². The molecule has 0 saturated heterocycles.